The Balaban J connectivity index is 2.44. The van der Waals surface area contributed by atoms with Crippen LogP contribution in [0.1, 0.15) is 32.6 Å². The summed E-state index contributed by atoms with van der Waals surface area (Å²) < 4.78 is 5.10. The highest BCUT2D eigenvalue weighted by Gasteiger charge is 2.27. The number of hydrogen-bond donors (Lipinski definition) is 2. The summed E-state index contributed by atoms with van der Waals surface area (Å²) in [4.78, 5) is 34.2. The second-order valence-electron chi connectivity index (χ2n) is 4.45. The average molecular weight is 256 g/mol. The molecule has 0 radical (unpaired) electrons. The minimum absolute atomic E-state index is 0.0553. The van der Waals surface area contributed by atoms with Gasteiger partial charge in [0.2, 0.25) is 11.8 Å². The molecule has 3 N–H and O–H groups in total. The van der Waals surface area contributed by atoms with Gasteiger partial charge in [0.25, 0.3) is 0 Å². The van der Waals surface area contributed by atoms with Gasteiger partial charge in [-0.05, 0) is 12.8 Å². The predicted molar refractivity (Wildman–Crippen MR) is 64.6 cm³/mol. The van der Waals surface area contributed by atoms with Gasteiger partial charge in [0.15, 0.2) is 0 Å². The summed E-state index contributed by atoms with van der Waals surface area (Å²) in [6, 6.07) is -0.770. The van der Waals surface area contributed by atoms with Crippen LogP contribution in [-0.2, 0) is 19.1 Å². The lowest BCUT2D eigenvalue weighted by atomic mass is 10.0. The third-order valence-electron chi connectivity index (χ3n) is 3.07. The molecule has 0 aliphatic carbocycles. The number of nitrogens with two attached hydrogens (primary N) is 1. The standard InChI is InChI=1S/C12H20N2O4/c1-2-9(15)3-4-10(11(13)16)14-12(17)8-5-6-18-7-8/h8,10H,2-7H2,1H3,(H2,13,16)(H,14,17)/t8-,10-/m1/s1. The van der Waals surface area contributed by atoms with Gasteiger partial charge >= 0.3 is 0 Å². The van der Waals surface area contributed by atoms with Crippen LogP contribution in [0.3, 0.4) is 0 Å². The number of rotatable bonds is 7. The first kappa shape index (κ1) is 14.6. The molecule has 0 spiro atoms. The number of primary amides is 1. The monoisotopic (exact) mass is 256 g/mol. The number of nitrogens with one attached hydrogen (secondary N) is 1. The molecule has 0 aromatic carbocycles. The third kappa shape index (κ3) is 4.44. The van der Waals surface area contributed by atoms with E-state index >= 15 is 0 Å². The molecule has 1 aliphatic heterocycles. The Kier molecular flexibility index (Phi) is 5.77. The Morgan fingerprint density at radius 1 is 1.44 bits per heavy atom. The molecule has 1 fully saturated rings. The summed E-state index contributed by atoms with van der Waals surface area (Å²) in [5.41, 5.74) is 5.22. The summed E-state index contributed by atoms with van der Waals surface area (Å²) in [6.07, 6.45) is 1.61. The quantitative estimate of drug-likeness (QED) is 0.656. The number of ether oxygens (including phenoxy) is 1. The highest BCUT2D eigenvalue weighted by molar-refractivity contribution is 5.88. The highest BCUT2D eigenvalue weighted by atomic mass is 16.5. The summed E-state index contributed by atoms with van der Waals surface area (Å²) in [5.74, 6) is -0.986. The van der Waals surface area contributed by atoms with Crippen LogP contribution < -0.4 is 11.1 Å². The maximum atomic E-state index is 11.8. The van der Waals surface area contributed by atoms with Crippen molar-refractivity contribution in [3.8, 4) is 0 Å². The number of hydrogen-bond acceptors (Lipinski definition) is 4. The van der Waals surface area contributed by atoms with Gasteiger partial charge in [-0.1, -0.05) is 6.92 Å². The van der Waals surface area contributed by atoms with E-state index < -0.39 is 11.9 Å². The molecule has 0 saturated carbocycles. The zero-order chi connectivity index (χ0) is 13.5. The summed E-state index contributed by atoms with van der Waals surface area (Å²) in [6.45, 7) is 2.70. The molecule has 0 bridgehead atoms. The van der Waals surface area contributed by atoms with Gasteiger partial charge in [-0.3, -0.25) is 14.4 Å². The molecule has 1 aliphatic rings. The minimum Gasteiger partial charge on any atom is -0.381 e. The van der Waals surface area contributed by atoms with Crippen molar-refractivity contribution >= 4 is 17.6 Å². The van der Waals surface area contributed by atoms with E-state index in [2.05, 4.69) is 5.32 Å². The molecule has 6 heteroatoms. The molecule has 2 amide bonds. The number of ketones is 1. The number of carbonyl (C=O) groups excluding carboxylic acids is 3. The smallest absolute Gasteiger partial charge is 0.240 e. The van der Waals surface area contributed by atoms with E-state index in [1.807, 2.05) is 0 Å². The van der Waals surface area contributed by atoms with Crippen LogP contribution in [0.15, 0.2) is 0 Å². The van der Waals surface area contributed by atoms with Crippen LogP contribution in [-0.4, -0.2) is 36.9 Å². The zero-order valence-corrected chi connectivity index (χ0v) is 10.6. The Hall–Kier alpha value is -1.43. The Bertz CT molecular complexity index is 324. The van der Waals surface area contributed by atoms with Gasteiger partial charge in [0.05, 0.1) is 12.5 Å². The summed E-state index contributed by atoms with van der Waals surface area (Å²) in [5, 5.41) is 2.59. The molecular formula is C12H20N2O4. The topological polar surface area (TPSA) is 98.5 Å². The molecule has 0 unspecified atom stereocenters. The maximum absolute atomic E-state index is 11.8. The lowest BCUT2D eigenvalue weighted by Crippen LogP contribution is -2.47. The normalized spacial score (nSPS) is 20.4. The van der Waals surface area contributed by atoms with Gasteiger partial charge in [0, 0.05) is 19.4 Å². The van der Waals surface area contributed by atoms with Gasteiger partial charge < -0.3 is 15.8 Å². The Morgan fingerprint density at radius 2 is 2.17 bits per heavy atom. The number of carbonyl (C=O) groups is 3. The lowest BCUT2D eigenvalue weighted by Gasteiger charge is -2.17. The number of amides is 2. The van der Waals surface area contributed by atoms with E-state index in [9.17, 15) is 14.4 Å². The van der Waals surface area contributed by atoms with Crippen LogP contribution in [0.4, 0.5) is 0 Å². The van der Waals surface area contributed by atoms with Gasteiger partial charge in [0.1, 0.15) is 11.8 Å². The van der Waals surface area contributed by atoms with E-state index in [1.165, 1.54) is 0 Å². The molecule has 1 heterocycles. The summed E-state index contributed by atoms with van der Waals surface area (Å²) in [7, 11) is 0. The molecule has 6 nitrogen and oxygen atoms in total. The lowest BCUT2D eigenvalue weighted by molar-refractivity contribution is -0.130. The van der Waals surface area contributed by atoms with Crippen LogP contribution in [0.5, 0.6) is 0 Å². The van der Waals surface area contributed by atoms with E-state index in [-0.39, 0.29) is 30.4 Å². The largest absolute Gasteiger partial charge is 0.381 e. The Labute approximate surface area is 106 Å². The van der Waals surface area contributed by atoms with Crippen LogP contribution in [0.2, 0.25) is 0 Å². The van der Waals surface area contributed by atoms with Crippen molar-refractivity contribution < 1.29 is 19.1 Å². The van der Waals surface area contributed by atoms with Gasteiger partial charge in [-0.2, -0.15) is 0 Å². The molecule has 102 valence electrons. The number of Topliss-reactive ketones (excluding diaryl/α,β-unsaturated/α-hetero) is 1. The van der Waals surface area contributed by atoms with E-state index in [0.29, 0.717) is 26.1 Å². The predicted octanol–water partition coefficient (Wildman–Crippen LogP) is -0.248. The van der Waals surface area contributed by atoms with Gasteiger partial charge in [-0.15, -0.1) is 0 Å². The highest BCUT2D eigenvalue weighted by Crippen LogP contribution is 2.13. The average Bonchev–Trinajstić information content (AvgIpc) is 2.87. The van der Waals surface area contributed by atoms with Crippen molar-refractivity contribution in [2.75, 3.05) is 13.2 Å². The maximum Gasteiger partial charge on any atom is 0.240 e. The van der Waals surface area contributed by atoms with Crippen molar-refractivity contribution in [2.45, 2.75) is 38.6 Å². The second kappa shape index (κ2) is 7.10. The molecule has 0 aromatic heterocycles. The van der Waals surface area contributed by atoms with E-state index in [1.54, 1.807) is 6.92 Å². The Morgan fingerprint density at radius 3 is 2.67 bits per heavy atom. The SMILES string of the molecule is CCC(=O)CC[C@@H](NC(=O)[C@@H]1CCOC1)C(N)=O. The zero-order valence-electron chi connectivity index (χ0n) is 10.6. The van der Waals surface area contributed by atoms with Gasteiger partial charge in [-0.25, -0.2) is 0 Å². The van der Waals surface area contributed by atoms with Crippen LogP contribution in [0, 0.1) is 5.92 Å². The molecule has 2 atom stereocenters. The molecule has 18 heavy (non-hydrogen) atoms. The van der Waals surface area contributed by atoms with Crippen LogP contribution in [0.25, 0.3) is 0 Å². The molecule has 1 rings (SSSR count). The van der Waals surface area contributed by atoms with E-state index in [0.717, 1.165) is 0 Å². The fourth-order valence-corrected chi connectivity index (χ4v) is 1.80. The first-order valence-corrected chi connectivity index (χ1v) is 6.23. The molecular weight excluding hydrogens is 236 g/mol. The van der Waals surface area contributed by atoms with Crippen molar-refractivity contribution in [3.63, 3.8) is 0 Å². The first-order valence-electron chi connectivity index (χ1n) is 6.23. The first-order chi connectivity index (χ1) is 8.54. The molecule has 1 saturated heterocycles. The van der Waals surface area contributed by atoms with Crippen molar-refractivity contribution in [3.05, 3.63) is 0 Å². The molecule has 0 aromatic rings. The van der Waals surface area contributed by atoms with E-state index in [4.69, 9.17) is 10.5 Å². The summed E-state index contributed by atoms with van der Waals surface area (Å²) >= 11 is 0. The fourth-order valence-electron chi connectivity index (χ4n) is 1.80. The minimum atomic E-state index is -0.770. The van der Waals surface area contributed by atoms with Crippen molar-refractivity contribution in [1.82, 2.24) is 5.32 Å². The van der Waals surface area contributed by atoms with Crippen molar-refractivity contribution in [2.24, 2.45) is 11.7 Å². The third-order valence-corrected chi connectivity index (χ3v) is 3.07. The second-order valence-corrected chi connectivity index (χ2v) is 4.45. The van der Waals surface area contributed by atoms with Crippen LogP contribution >= 0.6 is 0 Å². The fraction of sp³-hybridized carbons (Fsp3) is 0.750. The van der Waals surface area contributed by atoms with Crippen molar-refractivity contribution in [1.29, 1.82) is 0 Å².